The van der Waals surface area contributed by atoms with Crippen LogP contribution in [0, 0.1) is 0 Å². The number of hydrogen-bond donors (Lipinski definition) is 2. The molecule has 92 valence electrons. The van der Waals surface area contributed by atoms with Gasteiger partial charge in [0.25, 0.3) is 0 Å². The predicted octanol–water partition coefficient (Wildman–Crippen LogP) is 2.22. The molecule has 3 rings (SSSR count). The molecule has 1 unspecified atom stereocenters. The minimum atomic E-state index is 0.405. The molecule has 1 saturated heterocycles. The second-order valence-electron chi connectivity index (χ2n) is 5.12. The van der Waals surface area contributed by atoms with Gasteiger partial charge in [0, 0.05) is 11.6 Å². The third-order valence-electron chi connectivity index (χ3n) is 3.90. The minimum absolute atomic E-state index is 0.405. The van der Waals surface area contributed by atoms with Crippen LogP contribution in [0.2, 0.25) is 5.15 Å². The molecule has 0 amide bonds. The molecule has 5 heteroatoms. The molecule has 2 aliphatic rings. The normalized spacial score (nSPS) is 26.5. The lowest BCUT2D eigenvalue weighted by Gasteiger charge is -2.48. The van der Waals surface area contributed by atoms with Crippen molar-refractivity contribution < 1.29 is 0 Å². The fourth-order valence-corrected chi connectivity index (χ4v) is 3.03. The molecule has 4 nitrogen and oxygen atoms in total. The molecule has 1 aromatic heterocycles. The van der Waals surface area contributed by atoms with Crippen molar-refractivity contribution in [3.63, 3.8) is 0 Å². The standard InChI is InChI=1S/C12H17ClN4/c13-10-7-14-8-11(17-10)16-9-2-5-15-12(6-9)3-1-4-12/h7-9,15H,1-6H2,(H,16,17). The first-order valence-electron chi connectivity index (χ1n) is 6.25. The van der Waals surface area contributed by atoms with Gasteiger partial charge in [0.1, 0.15) is 11.0 Å². The van der Waals surface area contributed by atoms with E-state index in [9.17, 15) is 0 Å². The fraction of sp³-hybridized carbons (Fsp3) is 0.667. The van der Waals surface area contributed by atoms with Crippen molar-refractivity contribution in [1.82, 2.24) is 15.3 Å². The smallest absolute Gasteiger partial charge is 0.149 e. The Hall–Kier alpha value is -0.870. The number of rotatable bonds is 2. The molecule has 1 aliphatic carbocycles. The lowest BCUT2D eigenvalue weighted by molar-refractivity contribution is 0.135. The van der Waals surface area contributed by atoms with Gasteiger partial charge in [0.15, 0.2) is 0 Å². The molecular formula is C12H17ClN4. The zero-order valence-corrected chi connectivity index (χ0v) is 10.5. The van der Waals surface area contributed by atoms with Gasteiger partial charge in [-0.3, -0.25) is 4.98 Å². The summed E-state index contributed by atoms with van der Waals surface area (Å²) >= 11 is 5.83. The summed E-state index contributed by atoms with van der Waals surface area (Å²) in [6, 6.07) is 0.490. The Morgan fingerprint density at radius 2 is 2.29 bits per heavy atom. The lowest BCUT2D eigenvalue weighted by atomic mass is 9.70. The Kier molecular flexibility index (Phi) is 2.92. The van der Waals surface area contributed by atoms with Crippen molar-refractivity contribution in [2.75, 3.05) is 11.9 Å². The molecule has 17 heavy (non-hydrogen) atoms. The Balaban J connectivity index is 1.65. The quantitative estimate of drug-likeness (QED) is 0.848. The zero-order valence-electron chi connectivity index (χ0n) is 9.75. The van der Waals surface area contributed by atoms with E-state index in [1.54, 1.807) is 12.4 Å². The second kappa shape index (κ2) is 4.42. The van der Waals surface area contributed by atoms with Gasteiger partial charge in [-0.05, 0) is 38.6 Å². The van der Waals surface area contributed by atoms with Crippen LogP contribution in [0.4, 0.5) is 5.82 Å². The van der Waals surface area contributed by atoms with E-state index in [1.165, 1.54) is 25.7 Å². The largest absolute Gasteiger partial charge is 0.366 e. The van der Waals surface area contributed by atoms with E-state index in [0.29, 0.717) is 16.7 Å². The van der Waals surface area contributed by atoms with Crippen LogP contribution in [0.15, 0.2) is 12.4 Å². The second-order valence-corrected chi connectivity index (χ2v) is 5.51. The van der Waals surface area contributed by atoms with Crippen LogP contribution in [0.25, 0.3) is 0 Å². The van der Waals surface area contributed by atoms with Crippen LogP contribution in [-0.2, 0) is 0 Å². The Morgan fingerprint density at radius 1 is 1.41 bits per heavy atom. The van der Waals surface area contributed by atoms with E-state index < -0.39 is 0 Å². The summed E-state index contributed by atoms with van der Waals surface area (Å²) in [7, 11) is 0. The molecule has 2 heterocycles. The molecule has 0 aromatic carbocycles. The average Bonchev–Trinajstić information content (AvgIpc) is 2.27. The van der Waals surface area contributed by atoms with E-state index in [2.05, 4.69) is 20.6 Å². The zero-order chi connectivity index (χ0) is 11.7. The average molecular weight is 253 g/mol. The van der Waals surface area contributed by atoms with Gasteiger partial charge in [-0.25, -0.2) is 4.98 Å². The van der Waals surface area contributed by atoms with Crippen molar-refractivity contribution in [3.8, 4) is 0 Å². The SMILES string of the molecule is Clc1cncc(NC2CCNC3(CCC3)C2)n1. The van der Waals surface area contributed by atoms with Crippen LogP contribution in [0.3, 0.4) is 0 Å². The van der Waals surface area contributed by atoms with Crippen molar-refractivity contribution in [1.29, 1.82) is 0 Å². The molecule has 1 atom stereocenters. The van der Waals surface area contributed by atoms with Crippen LogP contribution < -0.4 is 10.6 Å². The third-order valence-corrected chi connectivity index (χ3v) is 4.08. The monoisotopic (exact) mass is 252 g/mol. The summed E-state index contributed by atoms with van der Waals surface area (Å²) < 4.78 is 0. The highest BCUT2D eigenvalue weighted by molar-refractivity contribution is 6.29. The molecule has 1 spiro atoms. The van der Waals surface area contributed by atoms with Crippen molar-refractivity contribution in [2.24, 2.45) is 0 Å². The maximum atomic E-state index is 5.83. The van der Waals surface area contributed by atoms with Crippen LogP contribution >= 0.6 is 11.6 Å². The first-order valence-corrected chi connectivity index (χ1v) is 6.63. The molecule has 0 radical (unpaired) electrons. The highest BCUT2D eigenvalue weighted by atomic mass is 35.5. The summed E-state index contributed by atoms with van der Waals surface area (Å²) in [5.41, 5.74) is 0.405. The summed E-state index contributed by atoms with van der Waals surface area (Å²) in [6.07, 6.45) is 9.59. The predicted molar refractivity (Wildman–Crippen MR) is 68.3 cm³/mol. The van der Waals surface area contributed by atoms with E-state index in [-0.39, 0.29) is 0 Å². The minimum Gasteiger partial charge on any atom is -0.366 e. The number of piperidine rings is 1. The Bertz CT molecular complexity index is 405. The van der Waals surface area contributed by atoms with Gasteiger partial charge in [-0.15, -0.1) is 0 Å². The molecule has 0 bridgehead atoms. The highest BCUT2D eigenvalue weighted by Gasteiger charge is 2.40. The molecule has 1 aromatic rings. The Labute approximate surface area is 106 Å². The Morgan fingerprint density at radius 3 is 3.00 bits per heavy atom. The van der Waals surface area contributed by atoms with Gasteiger partial charge in [-0.1, -0.05) is 11.6 Å². The number of hydrogen-bond acceptors (Lipinski definition) is 4. The molecular weight excluding hydrogens is 236 g/mol. The lowest BCUT2D eigenvalue weighted by Crippen LogP contribution is -2.58. The molecule has 1 saturated carbocycles. The van der Waals surface area contributed by atoms with Gasteiger partial charge in [0.05, 0.1) is 12.4 Å². The van der Waals surface area contributed by atoms with Crippen molar-refractivity contribution >= 4 is 17.4 Å². The van der Waals surface area contributed by atoms with Gasteiger partial charge >= 0.3 is 0 Å². The summed E-state index contributed by atoms with van der Waals surface area (Å²) in [4.78, 5) is 8.28. The first kappa shape index (κ1) is 11.2. The van der Waals surface area contributed by atoms with E-state index in [1.807, 2.05) is 0 Å². The molecule has 1 aliphatic heterocycles. The number of anilines is 1. The summed E-state index contributed by atoms with van der Waals surface area (Å²) in [5, 5.41) is 7.55. The summed E-state index contributed by atoms with van der Waals surface area (Å²) in [6.45, 7) is 1.09. The molecule has 2 N–H and O–H groups in total. The maximum absolute atomic E-state index is 5.83. The van der Waals surface area contributed by atoms with E-state index in [4.69, 9.17) is 11.6 Å². The number of aromatic nitrogens is 2. The third kappa shape index (κ3) is 2.38. The fourth-order valence-electron chi connectivity index (χ4n) is 2.89. The topological polar surface area (TPSA) is 49.8 Å². The van der Waals surface area contributed by atoms with Crippen LogP contribution in [0.1, 0.15) is 32.1 Å². The number of halogens is 1. The van der Waals surface area contributed by atoms with E-state index >= 15 is 0 Å². The van der Waals surface area contributed by atoms with Crippen molar-refractivity contribution in [3.05, 3.63) is 17.5 Å². The first-order chi connectivity index (χ1) is 8.26. The van der Waals surface area contributed by atoms with Crippen molar-refractivity contribution in [2.45, 2.75) is 43.7 Å². The van der Waals surface area contributed by atoms with Crippen LogP contribution in [-0.4, -0.2) is 28.1 Å². The molecule has 2 fully saturated rings. The summed E-state index contributed by atoms with van der Waals surface area (Å²) in [5.74, 6) is 0.791. The maximum Gasteiger partial charge on any atom is 0.149 e. The van der Waals surface area contributed by atoms with Gasteiger partial charge in [-0.2, -0.15) is 0 Å². The number of nitrogens with zero attached hydrogens (tertiary/aromatic N) is 2. The van der Waals surface area contributed by atoms with Gasteiger partial charge < -0.3 is 10.6 Å². The van der Waals surface area contributed by atoms with E-state index in [0.717, 1.165) is 18.8 Å². The highest BCUT2D eigenvalue weighted by Crippen LogP contribution is 2.38. The van der Waals surface area contributed by atoms with Gasteiger partial charge in [0.2, 0.25) is 0 Å². The van der Waals surface area contributed by atoms with Crippen LogP contribution in [0.5, 0.6) is 0 Å². The number of nitrogens with one attached hydrogen (secondary N) is 2.